The summed E-state index contributed by atoms with van der Waals surface area (Å²) in [6.07, 6.45) is 22.7. The Labute approximate surface area is 208 Å². The van der Waals surface area contributed by atoms with Crippen molar-refractivity contribution in [1.29, 1.82) is 0 Å². The zero-order valence-corrected chi connectivity index (χ0v) is 22.2. The van der Waals surface area contributed by atoms with Gasteiger partial charge in [-0.1, -0.05) is 110 Å². The highest BCUT2D eigenvalue weighted by molar-refractivity contribution is 5.77. The number of hydrogen-bond acceptors (Lipinski definition) is 3. The molecule has 0 saturated heterocycles. The first kappa shape index (κ1) is 32.4. The average Bonchev–Trinajstić information content (AvgIpc) is 2.78. The van der Waals surface area contributed by atoms with Crippen LogP contribution in [0.15, 0.2) is 0 Å². The van der Waals surface area contributed by atoms with Crippen LogP contribution in [0.4, 0.5) is 0 Å². The van der Waals surface area contributed by atoms with Crippen molar-refractivity contribution >= 4 is 17.8 Å². The Morgan fingerprint density at radius 1 is 0.559 bits per heavy atom. The summed E-state index contributed by atoms with van der Waals surface area (Å²) in [5, 5.41) is 20.7. The van der Waals surface area contributed by atoms with E-state index >= 15 is 0 Å². The van der Waals surface area contributed by atoms with Crippen molar-refractivity contribution in [3.63, 3.8) is 0 Å². The standard InChI is InChI=1S/C28H53NO5/c1-3-4-5-6-7-8-9-10-11-12-13-14-15-16-17-18-19-20-25(30)29-28(2,23-21-26(31)32)24-22-27(33)34/h3-24H2,1-2H3,(H,29,30)(H,31,32)(H,33,34). The number of carbonyl (C=O) groups excluding carboxylic acids is 1. The lowest BCUT2D eigenvalue weighted by molar-refractivity contribution is -0.138. The molecule has 0 spiro atoms. The summed E-state index contributed by atoms with van der Waals surface area (Å²) < 4.78 is 0. The molecule has 6 heteroatoms. The van der Waals surface area contributed by atoms with Crippen LogP contribution in [0.5, 0.6) is 0 Å². The zero-order valence-electron chi connectivity index (χ0n) is 22.2. The van der Waals surface area contributed by atoms with E-state index in [1.165, 1.54) is 89.9 Å². The van der Waals surface area contributed by atoms with Crippen molar-refractivity contribution in [2.75, 3.05) is 0 Å². The lowest BCUT2D eigenvalue weighted by Gasteiger charge is -2.30. The van der Waals surface area contributed by atoms with Gasteiger partial charge < -0.3 is 15.5 Å². The molecule has 0 atom stereocenters. The summed E-state index contributed by atoms with van der Waals surface area (Å²) in [6, 6.07) is 0. The molecule has 0 saturated carbocycles. The van der Waals surface area contributed by atoms with Crippen LogP contribution in [0.2, 0.25) is 0 Å². The van der Waals surface area contributed by atoms with Gasteiger partial charge in [0.2, 0.25) is 5.91 Å². The number of rotatable bonds is 25. The normalized spacial score (nSPS) is 11.5. The maximum absolute atomic E-state index is 12.3. The molecule has 0 aromatic heterocycles. The fourth-order valence-electron chi connectivity index (χ4n) is 4.43. The van der Waals surface area contributed by atoms with Gasteiger partial charge in [-0.15, -0.1) is 0 Å². The van der Waals surface area contributed by atoms with Crippen molar-refractivity contribution in [3.8, 4) is 0 Å². The Hall–Kier alpha value is -1.59. The van der Waals surface area contributed by atoms with Gasteiger partial charge >= 0.3 is 11.9 Å². The molecule has 0 rings (SSSR count). The van der Waals surface area contributed by atoms with Gasteiger partial charge in [0.25, 0.3) is 0 Å². The second-order valence-electron chi connectivity index (χ2n) is 10.3. The maximum Gasteiger partial charge on any atom is 0.303 e. The second-order valence-corrected chi connectivity index (χ2v) is 10.3. The Balaban J connectivity index is 3.65. The van der Waals surface area contributed by atoms with Crippen molar-refractivity contribution in [1.82, 2.24) is 5.32 Å². The van der Waals surface area contributed by atoms with E-state index in [0.29, 0.717) is 6.42 Å². The zero-order chi connectivity index (χ0) is 25.5. The molecule has 6 nitrogen and oxygen atoms in total. The minimum atomic E-state index is -0.941. The van der Waals surface area contributed by atoms with E-state index in [4.69, 9.17) is 10.2 Å². The van der Waals surface area contributed by atoms with E-state index in [-0.39, 0.29) is 31.6 Å². The molecule has 1 amide bonds. The van der Waals surface area contributed by atoms with Gasteiger partial charge in [-0.2, -0.15) is 0 Å². The quantitative estimate of drug-likeness (QED) is 0.116. The van der Waals surface area contributed by atoms with Crippen molar-refractivity contribution < 1.29 is 24.6 Å². The minimum Gasteiger partial charge on any atom is -0.481 e. The largest absolute Gasteiger partial charge is 0.481 e. The third-order valence-corrected chi connectivity index (χ3v) is 6.73. The van der Waals surface area contributed by atoms with Crippen LogP contribution in [0, 0.1) is 0 Å². The van der Waals surface area contributed by atoms with E-state index in [0.717, 1.165) is 19.3 Å². The Morgan fingerprint density at radius 3 is 1.21 bits per heavy atom. The van der Waals surface area contributed by atoms with E-state index < -0.39 is 17.5 Å². The highest BCUT2D eigenvalue weighted by atomic mass is 16.4. The molecule has 0 aromatic rings. The van der Waals surface area contributed by atoms with E-state index in [2.05, 4.69) is 12.2 Å². The van der Waals surface area contributed by atoms with Crippen LogP contribution in [0.25, 0.3) is 0 Å². The Morgan fingerprint density at radius 2 is 0.882 bits per heavy atom. The minimum absolute atomic E-state index is 0.0878. The second kappa shape index (κ2) is 21.9. The molecule has 0 bridgehead atoms. The Kier molecular flexibility index (Phi) is 20.9. The molecule has 0 aromatic carbocycles. The summed E-state index contributed by atoms with van der Waals surface area (Å²) in [4.78, 5) is 34.1. The summed E-state index contributed by atoms with van der Waals surface area (Å²) in [7, 11) is 0. The van der Waals surface area contributed by atoms with E-state index in [1.54, 1.807) is 6.92 Å². The lowest BCUT2D eigenvalue weighted by Crippen LogP contribution is -2.46. The van der Waals surface area contributed by atoms with Crippen LogP contribution in [-0.4, -0.2) is 33.6 Å². The van der Waals surface area contributed by atoms with Gasteiger partial charge in [-0.05, 0) is 26.2 Å². The molecule has 0 aliphatic rings. The number of amides is 1. The summed E-state index contributed by atoms with van der Waals surface area (Å²) >= 11 is 0. The molecule has 3 N–H and O–H groups in total. The molecule has 200 valence electrons. The van der Waals surface area contributed by atoms with Crippen molar-refractivity contribution in [2.45, 2.75) is 161 Å². The highest BCUT2D eigenvalue weighted by Gasteiger charge is 2.27. The number of hydrogen-bond donors (Lipinski definition) is 3. The van der Waals surface area contributed by atoms with Gasteiger partial charge in [-0.3, -0.25) is 14.4 Å². The first-order valence-corrected chi connectivity index (χ1v) is 14.0. The van der Waals surface area contributed by atoms with E-state index in [9.17, 15) is 14.4 Å². The number of nitrogens with one attached hydrogen (secondary N) is 1. The van der Waals surface area contributed by atoms with Crippen LogP contribution in [0.3, 0.4) is 0 Å². The van der Waals surface area contributed by atoms with Gasteiger partial charge in [0.05, 0.1) is 0 Å². The van der Waals surface area contributed by atoms with Crippen LogP contribution >= 0.6 is 0 Å². The van der Waals surface area contributed by atoms with Crippen molar-refractivity contribution in [3.05, 3.63) is 0 Å². The number of carboxylic acids is 2. The summed E-state index contributed by atoms with van der Waals surface area (Å²) in [5.74, 6) is -1.99. The number of carboxylic acid groups (broad SMARTS) is 2. The maximum atomic E-state index is 12.3. The molecule has 0 unspecified atom stereocenters. The summed E-state index contributed by atoms with van der Waals surface area (Å²) in [6.45, 7) is 4.01. The third-order valence-electron chi connectivity index (χ3n) is 6.73. The molecule has 0 fully saturated rings. The molecule has 0 heterocycles. The van der Waals surface area contributed by atoms with Gasteiger partial charge in [-0.25, -0.2) is 0 Å². The van der Waals surface area contributed by atoms with Gasteiger partial charge in [0.1, 0.15) is 0 Å². The van der Waals surface area contributed by atoms with E-state index in [1.807, 2.05) is 0 Å². The topological polar surface area (TPSA) is 104 Å². The summed E-state index contributed by atoms with van der Waals surface area (Å²) in [5.41, 5.74) is -0.789. The molecular formula is C28H53NO5. The molecule has 0 radical (unpaired) electrons. The third kappa shape index (κ3) is 22.2. The molecule has 34 heavy (non-hydrogen) atoms. The smallest absolute Gasteiger partial charge is 0.303 e. The fourth-order valence-corrected chi connectivity index (χ4v) is 4.43. The number of unbranched alkanes of at least 4 members (excludes halogenated alkanes) is 16. The monoisotopic (exact) mass is 483 g/mol. The van der Waals surface area contributed by atoms with Crippen molar-refractivity contribution in [2.24, 2.45) is 0 Å². The van der Waals surface area contributed by atoms with Crippen LogP contribution in [-0.2, 0) is 14.4 Å². The molecular weight excluding hydrogens is 430 g/mol. The number of carbonyl (C=O) groups is 3. The van der Waals surface area contributed by atoms with Gasteiger partial charge in [0, 0.05) is 24.8 Å². The number of aliphatic carboxylic acids is 2. The SMILES string of the molecule is CCCCCCCCCCCCCCCCCCCC(=O)NC(C)(CCC(=O)O)CCC(=O)O. The first-order valence-electron chi connectivity index (χ1n) is 14.0. The average molecular weight is 484 g/mol. The van der Waals surface area contributed by atoms with Gasteiger partial charge in [0.15, 0.2) is 0 Å². The molecule has 0 aliphatic heterocycles. The molecule has 0 aliphatic carbocycles. The predicted octanol–water partition coefficient (Wildman–Crippen LogP) is 7.63. The van der Waals surface area contributed by atoms with Crippen LogP contribution < -0.4 is 5.32 Å². The Bertz CT molecular complexity index is 517. The fraction of sp³-hybridized carbons (Fsp3) is 0.893. The first-order chi connectivity index (χ1) is 16.3. The highest BCUT2D eigenvalue weighted by Crippen LogP contribution is 2.20. The predicted molar refractivity (Wildman–Crippen MR) is 139 cm³/mol. The van der Waals surface area contributed by atoms with Crippen LogP contribution in [0.1, 0.15) is 155 Å². The lowest BCUT2D eigenvalue weighted by atomic mass is 9.90.